The summed E-state index contributed by atoms with van der Waals surface area (Å²) in [7, 11) is 0. The molecule has 0 aliphatic carbocycles. The average Bonchev–Trinajstić information content (AvgIpc) is 2.26. The second-order valence-electron chi connectivity index (χ2n) is 3.35. The minimum atomic E-state index is -4.43. The van der Waals surface area contributed by atoms with E-state index in [1.54, 1.807) is 6.92 Å². The Morgan fingerprint density at radius 2 is 2.12 bits per heavy atom. The van der Waals surface area contributed by atoms with Crippen LogP contribution in [0.4, 0.5) is 13.2 Å². The van der Waals surface area contributed by atoms with Crippen molar-refractivity contribution in [1.29, 1.82) is 0 Å². The first kappa shape index (κ1) is 13.5. The van der Waals surface area contributed by atoms with Gasteiger partial charge in [-0.05, 0) is 25.0 Å². The van der Waals surface area contributed by atoms with Crippen molar-refractivity contribution in [2.45, 2.75) is 25.9 Å². The molecule has 0 radical (unpaired) electrons. The number of carbonyl (C=O) groups is 1. The smallest absolute Gasteiger partial charge is 0.433 e. The first-order valence-corrected chi connectivity index (χ1v) is 5.11. The van der Waals surface area contributed by atoms with E-state index in [1.807, 2.05) is 0 Å². The summed E-state index contributed by atoms with van der Waals surface area (Å²) in [5.41, 5.74) is -0.358. The van der Waals surface area contributed by atoms with Gasteiger partial charge in [-0.2, -0.15) is 13.2 Å². The Hall–Kier alpha value is -1.59. The SMILES string of the molecule is CCOC(=O)CCc1ccc(C(F)(F)F)nc1. The molecular weight excluding hydrogens is 235 g/mol. The Morgan fingerprint density at radius 1 is 1.41 bits per heavy atom. The van der Waals surface area contributed by atoms with Gasteiger partial charge in [-0.1, -0.05) is 6.07 Å². The first-order chi connectivity index (χ1) is 7.93. The molecule has 1 rings (SSSR count). The van der Waals surface area contributed by atoms with Gasteiger partial charge in [0.25, 0.3) is 0 Å². The summed E-state index contributed by atoms with van der Waals surface area (Å²) < 4.78 is 41.3. The van der Waals surface area contributed by atoms with E-state index < -0.39 is 11.9 Å². The van der Waals surface area contributed by atoms with Crippen LogP contribution in [0.15, 0.2) is 18.3 Å². The van der Waals surface area contributed by atoms with Crippen molar-refractivity contribution >= 4 is 5.97 Å². The molecule has 0 aliphatic rings. The number of ether oxygens (including phenoxy) is 1. The largest absolute Gasteiger partial charge is 0.466 e. The summed E-state index contributed by atoms with van der Waals surface area (Å²) in [4.78, 5) is 14.3. The van der Waals surface area contributed by atoms with Crippen LogP contribution in [0, 0.1) is 0 Å². The fourth-order valence-electron chi connectivity index (χ4n) is 1.22. The van der Waals surface area contributed by atoms with Crippen molar-refractivity contribution in [1.82, 2.24) is 4.98 Å². The molecule has 1 aromatic heterocycles. The maximum absolute atomic E-state index is 12.2. The van der Waals surface area contributed by atoms with Gasteiger partial charge < -0.3 is 4.74 Å². The minimum Gasteiger partial charge on any atom is -0.466 e. The number of alkyl halides is 3. The highest BCUT2D eigenvalue weighted by atomic mass is 19.4. The molecule has 0 amide bonds. The van der Waals surface area contributed by atoms with E-state index in [0.29, 0.717) is 18.6 Å². The summed E-state index contributed by atoms with van der Waals surface area (Å²) in [6.45, 7) is 1.99. The number of esters is 1. The first-order valence-electron chi connectivity index (χ1n) is 5.11. The molecule has 0 fully saturated rings. The van der Waals surface area contributed by atoms with Crippen LogP contribution < -0.4 is 0 Å². The number of rotatable bonds is 4. The van der Waals surface area contributed by atoms with Gasteiger partial charge >= 0.3 is 12.1 Å². The molecule has 0 saturated carbocycles. The zero-order valence-corrected chi connectivity index (χ0v) is 9.25. The summed E-state index contributed by atoms with van der Waals surface area (Å²) in [6.07, 6.45) is -2.84. The van der Waals surface area contributed by atoms with Crippen LogP contribution in [0.1, 0.15) is 24.6 Å². The molecule has 17 heavy (non-hydrogen) atoms. The molecule has 94 valence electrons. The normalized spacial score (nSPS) is 11.3. The lowest BCUT2D eigenvalue weighted by Gasteiger charge is -2.06. The number of nitrogens with zero attached hydrogens (tertiary/aromatic N) is 1. The van der Waals surface area contributed by atoms with E-state index in [1.165, 1.54) is 6.07 Å². The van der Waals surface area contributed by atoms with Crippen molar-refractivity contribution in [3.8, 4) is 0 Å². The highest BCUT2D eigenvalue weighted by Gasteiger charge is 2.31. The molecule has 6 heteroatoms. The van der Waals surface area contributed by atoms with Crippen LogP contribution in [0.2, 0.25) is 0 Å². The Kier molecular flexibility index (Phi) is 4.48. The number of hydrogen-bond donors (Lipinski definition) is 0. The number of aryl methyl sites for hydroxylation is 1. The Bertz CT molecular complexity index is 373. The van der Waals surface area contributed by atoms with Gasteiger partial charge in [-0.3, -0.25) is 9.78 Å². The molecular formula is C11H12F3NO2. The molecule has 1 heterocycles. The van der Waals surface area contributed by atoms with Crippen molar-refractivity contribution in [2.75, 3.05) is 6.61 Å². The monoisotopic (exact) mass is 247 g/mol. The van der Waals surface area contributed by atoms with Gasteiger partial charge in [0.15, 0.2) is 0 Å². The molecule has 0 N–H and O–H groups in total. The fraction of sp³-hybridized carbons (Fsp3) is 0.455. The van der Waals surface area contributed by atoms with Gasteiger partial charge in [0, 0.05) is 12.6 Å². The third-order valence-corrected chi connectivity index (χ3v) is 2.04. The van der Waals surface area contributed by atoms with E-state index in [-0.39, 0.29) is 12.4 Å². The second-order valence-corrected chi connectivity index (χ2v) is 3.35. The lowest BCUT2D eigenvalue weighted by atomic mass is 10.1. The Balaban J connectivity index is 2.54. The van der Waals surface area contributed by atoms with Gasteiger partial charge in [0.05, 0.1) is 6.61 Å². The zero-order chi connectivity index (χ0) is 12.9. The molecule has 0 atom stereocenters. The summed E-state index contributed by atoms with van der Waals surface area (Å²) in [5.74, 6) is -0.368. The van der Waals surface area contributed by atoms with E-state index in [4.69, 9.17) is 4.74 Å². The van der Waals surface area contributed by atoms with Crippen LogP contribution in [0.25, 0.3) is 0 Å². The highest BCUT2D eigenvalue weighted by Crippen LogP contribution is 2.27. The zero-order valence-electron chi connectivity index (χ0n) is 9.25. The van der Waals surface area contributed by atoms with Crippen LogP contribution in [-0.4, -0.2) is 17.6 Å². The van der Waals surface area contributed by atoms with Crippen LogP contribution in [0.5, 0.6) is 0 Å². The number of pyridine rings is 1. The molecule has 0 saturated heterocycles. The standard InChI is InChI=1S/C11H12F3NO2/c1-2-17-10(16)6-4-8-3-5-9(15-7-8)11(12,13)14/h3,5,7H,2,4,6H2,1H3. The fourth-order valence-corrected chi connectivity index (χ4v) is 1.22. The van der Waals surface area contributed by atoms with Crippen molar-refractivity contribution in [3.63, 3.8) is 0 Å². The Labute approximate surface area is 96.6 Å². The third kappa shape index (κ3) is 4.42. The third-order valence-electron chi connectivity index (χ3n) is 2.04. The lowest BCUT2D eigenvalue weighted by molar-refractivity contribution is -0.143. The van der Waals surface area contributed by atoms with Gasteiger partial charge in [0.1, 0.15) is 5.69 Å². The van der Waals surface area contributed by atoms with E-state index in [9.17, 15) is 18.0 Å². The molecule has 1 aromatic rings. The quantitative estimate of drug-likeness (QED) is 0.768. The highest BCUT2D eigenvalue weighted by molar-refractivity contribution is 5.69. The van der Waals surface area contributed by atoms with Crippen LogP contribution in [0.3, 0.4) is 0 Å². The van der Waals surface area contributed by atoms with Crippen LogP contribution >= 0.6 is 0 Å². The Morgan fingerprint density at radius 3 is 2.59 bits per heavy atom. The maximum atomic E-state index is 12.2. The topological polar surface area (TPSA) is 39.2 Å². The van der Waals surface area contributed by atoms with Gasteiger partial charge in [-0.15, -0.1) is 0 Å². The van der Waals surface area contributed by atoms with Gasteiger partial charge in [-0.25, -0.2) is 0 Å². The summed E-state index contributed by atoms with van der Waals surface area (Å²) >= 11 is 0. The predicted octanol–water partition coefficient (Wildman–Crippen LogP) is 2.60. The molecule has 0 spiro atoms. The second kappa shape index (κ2) is 5.65. The van der Waals surface area contributed by atoms with E-state index in [0.717, 1.165) is 12.3 Å². The van der Waals surface area contributed by atoms with E-state index in [2.05, 4.69) is 4.98 Å². The minimum absolute atomic E-state index is 0.140. The van der Waals surface area contributed by atoms with Crippen molar-refractivity contribution < 1.29 is 22.7 Å². The van der Waals surface area contributed by atoms with Gasteiger partial charge in [0.2, 0.25) is 0 Å². The maximum Gasteiger partial charge on any atom is 0.433 e. The average molecular weight is 247 g/mol. The van der Waals surface area contributed by atoms with Crippen LogP contribution in [-0.2, 0) is 22.1 Å². The summed E-state index contributed by atoms with van der Waals surface area (Å²) in [5, 5.41) is 0. The summed E-state index contributed by atoms with van der Waals surface area (Å²) in [6, 6.07) is 2.22. The molecule has 0 aromatic carbocycles. The number of carbonyl (C=O) groups excluding carboxylic acids is 1. The molecule has 3 nitrogen and oxygen atoms in total. The predicted molar refractivity (Wildman–Crippen MR) is 54.2 cm³/mol. The number of hydrogen-bond acceptors (Lipinski definition) is 3. The van der Waals surface area contributed by atoms with E-state index >= 15 is 0 Å². The number of halogens is 3. The molecule has 0 aliphatic heterocycles. The molecule has 0 bridgehead atoms. The molecule has 0 unspecified atom stereocenters. The lowest BCUT2D eigenvalue weighted by Crippen LogP contribution is -2.08. The van der Waals surface area contributed by atoms with Crippen molar-refractivity contribution in [2.24, 2.45) is 0 Å². The van der Waals surface area contributed by atoms with Crippen molar-refractivity contribution in [3.05, 3.63) is 29.6 Å². The number of aromatic nitrogens is 1.